The van der Waals surface area contributed by atoms with Gasteiger partial charge in [0.05, 0.1) is 0 Å². The van der Waals surface area contributed by atoms with Gasteiger partial charge >= 0.3 is 0 Å². The number of carbonyl (C=O) groups is 2. The van der Waals surface area contributed by atoms with Crippen molar-refractivity contribution < 1.29 is 9.59 Å². The highest BCUT2D eigenvalue weighted by Crippen LogP contribution is 2.24. The number of Topliss-reactive ketones (excluding diaryl/α,β-unsaturated/α-hetero) is 1. The summed E-state index contributed by atoms with van der Waals surface area (Å²) in [6.07, 6.45) is 1.41. The van der Waals surface area contributed by atoms with E-state index < -0.39 is 0 Å². The lowest BCUT2D eigenvalue weighted by molar-refractivity contribution is -0.142. The van der Waals surface area contributed by atoms with Gasteiger partial charge in [-0.05, 0) is 25.9 Å². The van der Waals surface area contributed by atoms with E-state index in [0.717, 1.165) is 19.5 Å². The predicted octanol–water partition coefficient (Wildman–Crippen LogP) is 0.128. The summed E-state index contributed by atoms with van der Waals surface area (Å²) in [5.41, 5.74) is 0. The minimum atomic E-state index is -0.253. The van der Waals surface area contributed by atoms with E-state index >= 15 is 0 Å². The van der Waals surface area contributed by atoms with E-state index in [0.29, 0.717) is 18.9 Å². The Morgan fingerprint density at radius 3 is 2.53 bits per heavy atom. The lowest BCUT2D eigenvalue weighted by Crippen LogP contribution is -2.50. The van der Waals surface area contributed by atoms with Gasteiger partial charge in [-0.3, -0.25) is 9.59 Å². The summed E-state index contributed by atoms with van der Waals surface area (Å²) in [6.45, 7) is 4.84. The van der Waals surface area contributed by atoms with Gasteiger partial charge in [0.15, 0.2) is 0 Å². The predicted molar refractivity (Wildman–Crippen MR) is 56.4 cm³/mol. The lowest BCUT2D eigenvalue weighted by atomic mass is 9.93. The number of amides is 1. The Balaban J connectivity index is 2.05. The summed E-state index contributed by atoms with van der Waals surface area (Å²) < 4.78 is 0. The molecule has 1 amide bonds. The van der Waals surface area contributed by atoms with Crippen LogP contribution in [-0.4, -0.2) is 54.2 Å². The molecule has 15 heavy (non-hydrogen) atoms. The molecule has 2 unspecified atom stereocenters. The molecule has 0 aromatic rings. The van der Waals surface area contributed by atoms with Crippen LogP contribution in [0.25, 0.3) is 0 Å². The van der Waals surface area contributed by atoms with E-state index in [2.05, 4.69) is 18.9 Å². The molecule has 0 N–H and O–H groups in total. The normalized spacial score (nSPS) is 33.9. The van der Waals surface area contributed by atoms with E-state index in [1.807, 2.05) is 0 Å². The van der Waals surface area contributed by atoms with Crippen LogP contribution in [0.4, 0.5) is 0 Å². The third-order valence-electron chi connectivity index (χ3n) is 3.54. The Hall–Kier alpha value is -0.900. The van der Waals surface area contributed by atoms with Crippen molar-refractivity contribution in [1.82, 2.24) is 9.80 Å². The third kappa shape index (κ3) is 1.91. The van der Waals surface area contributed by atoms with Gasteiger partial charge in [-0.1, -0.05) is 6.92 Å². The van der Waals surface area contributed by atoms with Crippen molar-refractivity contribution >= 4 is 11.7 Å². The molecule has 2 heterocycles. The standard InChI is InChI=1S/C11H18N2O2/c1-8-7-12(2)5-3-9(8)13-6-4-10(14)11(13)15/h8-9H,3-7H2,1-2H3. The van der Waals surface area contributed by atoms with Crippen molar-refractivity contribution in [1.29, 1.82) is 0 Å². The number of nitrogens with zero attached hydrogens (tertiary/aromatic N) is 2. The Labute approximate surface area is 90.2 Å². The number of hydrogen-bond donors (Lipinski definition) is 0. The second-order valence-electron chi connectivity index (χ2n) is 4.77. The number of carbonyl (C=O) groups excluding carboxylic acids is 2. The van der Waals surface area contributed by atoms with Crippen LogP contribution in [0.2, 0.25) is 0 Å². The summed E-state index contributed by atoms with van der Waals surface area (Å²) in [6, 6.07) is 0.278. The molecule has 0 spiro atoms. The molecule has 2 fully saturated rings. The number of piperidine rings is 1. The lowest BCUT2D eigenvalue weighted by Gasteiger charge is -2.39. The van der Waals surface area contributed by atoms with Crippen LogP contribution in [0.3, 0.4) is 0 Å². The van der Waals surface area contributed by atoms with Crippen LogP contribution in [0.15, 0.2) is 0 Å². The van der Waals surface area contributed by atoms with Crippen molar-refractivity contribution in [2.24, 2.45) is 5.92 Å². The molecule has 0 saturated carbocycles. The molecule has 4 heteroatoms. The Kier molecular flexibility index (Phi) is 2.78. The van der Waals surface area contributed by atoms with E-state index in [-0.39, 0.29) is 17.7 Å². The quantitative estimate of drug-likeness (QED) is 0.578. The maximum Gasteiger partial charge on any atom is 0.290 e. The molecule has 0 radical (unpaired) electrons. The zero-order valence-electron chi connectivity index (χ0n) is 9.40. The van der Waals surface area contributed by atoms with Crippen LogP contribution in [0, 0.1) is 5.92 Å². The number of ketones is 1. The Bertz CT molecular complexity index is 290. The molecule has 4 nitrogen and oxygen atoms in total. The first-order chi connectivity index (χ1) is 7.09. The summed E-state index contributed by atoms with van der Waals surface area (Å²) in [7, 11) is 2.10. The van der Waals surface area contributed by atoms with E-state index in [1.54, 1.807) is 4.90 Å². The summed E-state index contributed by atoms with van der Waals surface area (Å²) in [5, 5.41) is 0. The van der Waals surface area contributed by atoms with Gasteiger partial charge in [-0.15, -0.1) is 0 Å². The summed E-state index contributed by atoms with van der Waals surface area (Å²) in [4.78, 5) is 26.9. The van der Waals surface area contributed by atoms with Crippen LogP contribution in [0.5, 0.6) is 0 Å². The SMILES string of the molecule is CC1CN(C)CCC1N1CCC(=O)C1=O. The molecule has 0 bridgehead atoms. The van der Waals surface area contributed by atoms with E-state index in [4.69, 9.17) is 0 Å². The van der Waals surface area contributed by atoms with Gasteiger partial charge in [0.25, 0.3) is 5.91 Å². The van der Waals surface area contributed by atoms with Gasteiger partial charge in [-0.25, -0.2) is 0 Å². The van der Waals surface area contributed by atoms with Crippen LogP contribution >= 0.6 is 0 Å². The summed E-state index contributed by atoms with van der Waals surface area (Å²) >= 11 is 0. The van der Waals surface area contributed by atoms with Crippen molar-refractivity contribution in [2.45, 2.75) is 25.8 Å². The minimum absolute atomic E-state index is 0.207. The maximum absolute atomic E-state index is 11.6. The minimum Gasteiger partial charge on any atom is -0.332 e. The largest absolute Gasteiger partial charge is 0.332 e. The summed E-state index contributed by atoms with van der Waals surface area (Å²) in [5.74, 6) is 0.0103. The van der Waals surface area contributed by atoms with Gasteiger partial charge < -0.3 is 9.80 Å². The highest BCUT2D eigenvalue weighted by atomic mass is 16.2. The number of rotatable bonds is 1. The van der Waals surface area contributed by atoms with Gasteiger partial charge in [0, 0.05) is 25.6 Å². The molecular weight excluding hydrogens is 192 g/mol. The number of likely N-dealkylation sites (tertiary alicyclic amines) is 2. The fraction of sp³-hybridized carbons (Fsp3) is 0.818. The monoisotopic (exact) mass is 210 g/mol. The van der Waals surface area contributed by atoms with Crippen LogP contribution in [0.1, 0.15) is 19.8 Å². The second kappa shape index (κ2) is 3.93. The van der Waals surface area contributed by atoms with Crippen molar-refractivity contribution in [3.8, 4) is 0 Å². The van der Waals surface area contributed by atoms with E-state index in [1.165, 1.54) is 0 Å². The fourth-order valence-corrected chi connectivity index (χ4v) is 2.71. The van der Waals surface area contributed by atoms with Crippen molar-refractivity contribution in [3.05, 3.63) is 0 Å². The van der Waals surface area contributed by atoms with Gasteiger partial charge in [-0.2, -0.15) is 0 Å². The fourth-order valence-electron chi connectivity index (χ4n) is 2.71. The van der Waals surface area contributed by atoms with Crippen LogP contribution in [-0.2, 0) is 9.59 Å². The van der Waals surface area contributed by atoms with Crippen LogP contribution < -0.4 is 0 Å². The Morgan fingerprint density at radius 1 is 1.27 bits per heavy atom. The molecule has 0 aromatic carbocycles. The molecule has 2 saturated heterocycles. The molecule has 2 aliphatic rings. The van der Waals surface area contributed by atoms with E-state index in [9.17, 15) is 9.59 Å². The average Bonchev–Trinajstić information content (AvgIpc) is 2.49. The maximum atomic E-state index is 11.6. The first kappa shape index (κ1) is 10.6. The zero-order chi connectivity index (χ0) is 11.0. The molecule has 0 aliphatic carbocycles. The zero-order valence-corrected chi connectivity index (χ0v) is 9.40. The van der Waals surface area contributed by atoms with Crippen molar-refractivity contribution in [2.75, 3.05) is 26.7 Å². The number of hydrogen-bond acceptors (Lipinski definition) is 3. The molecule has 2 aliphatic heterocycles. The highest BCUT2D eigenvalue weighted by molar-refractivity contribution is 6.37. The molecule has 2 atom stereocenters. The molecular formula is C11H18N2O2. The first-order valence-electron chi connectivity index (χ1n) is 5.62. The molecule has 0 aromatic heterocycles. The van der Waals surface area contributed by atoms with Gasteiger partial charge in [0.1, 0.15) is 0 Å². The topological polar surface area (TPSA) is 40.6 Å². The van der Waals surface area contributed by atoms with Gasteiger partial charge in [0.2, 0.25) is 5.78 Å². The molecule has 2 rings (SSSR count). The smallest absolute Gasteiger partial charge is 0.290 e. The first-order valence-corrected chi connectivity index (χ1v) is 5.62. The average molecular weight is 210 g/mol. The second-order valence-corrected chi connectivity index (χ2v) is 4.77. The highest BCUT2D eigenvalue weighted by Gasteiger charge is 2.38. The Morgan fingerprint density at radius 2 is 2.00 bits per heavy atom. The molecule has 84 valence electrons. The van der Waals surface area contributed by atoms with Crippen molar-refractivity contribution in [3.63, 3.8) is 0 Å². The third-order valence-corrected chi connectivity index (χ3v) is 3.54.